The standard InChI is InChI=1S/C19H36FN3/c1-13-10-14(5-6-17(13)20)18-16(4-3-9-22-18)19(2)8-7-15(11-21)23-12-19/h13-18,22-23H,3-12,21H2,1-2H3/t13?,14?,15?,16?,17?,18?,19-/m1/s1. The molecular weight excluding hydrogens is 289 g/mol. The van der Waals surface area contributed by atoms with Gasteiger partial charge >= 0.3 is 0 Å². The molecule has 3 nitrogen and oxygen atoms in total. The van der Waals surface area contributed by atoms with Crippen molar-refractivity contribution in [1.29, 1.82) is 0 Å². The normalized spacial score (nSPS) is 49.0. The van der Waals surface area contributed by atoms with Crippen LogP contribution in [0.3, 0.4) is 0 Å². The third-order valence-electron chi connectivity index (χ3n) is 7.16. The van der Waals surface area contributed by atoms with Gasteiger partial charge in [-0.3, -0.25) is 0 Å². The first-order valence-corrected chi connectivity index (χ1v) is 9.84. The van der Waals surface area contributed by atoms with Crippen LogP contribution in [0.15, 0.2) is 0 Å². The van der Waals surface area contributed by atoms with Crippen molar-refractivity contribution in [1.82, 2.24) is 10.6 Å². The maximum absolute atomic E-state index is 13.9. The molecule has 7 atom stereocenters. The van der Waals surface area contributed by atoms with Gasteiger partial charge in [0.25, 0.3) is 0 Å². The minimum absolute atomic E-state index is 0.233. The van der Waals surface area contributed by atoms with Gasteiger partial charge in [0.2, 0.25) is 0 Å². The highest BCUT2D eigenvalue weighted by Crippen LogP contribution is 2.46. The van der Waals surface area contributed by atoms with Crippen LogP contribution in [-0.2, 0) is 0 Å². The third-order valence-corrected chi connectivity index (χ3v) is 7.16. The van der Waals surface area contributed by atoms with Crippen molar-refractivity contribution in [3.8, 4) is 0 Å². The Morgan fingerprint density at radius 2 is 2.00 bits per heavy atom. The van der Waals surface area contributed by atoms with Gasteiger partial charge in [0, 0.05) is 25.2 Å². The van der Waals surface area contributed by atoms with Gasteiger partial charge in [-0.1, -0.05) is 13.8 Å². The Morgan fingerprint density at radius 3 is 2.65 bits per heavy atom. The van der Waals surface area contributed by atoms with Crippen LogP contribution in [-0.4, -0.2) is 37.9 Å². The highest BCUT2D eigenvalue weighted by molar-refractivity contribution is 5.00. The first kappa shape index (κ1) is 17.6. The minimum atomic E-state index is -0.578. The second-order valence-electron chi connectivity index (χ2n) is 8.80. The fourth-order valence-electron chi connectivity index (χ4n) is 5.51. The van der Waals surface area contributed by atoms with Crippen molar-refractivity contribution in [3.63, 3.8) is 0 Å². The number of hydrogen-bond acceptors (Lipinski definition) is 3. The largest absolute Gasteiger partial charge is 0.329 e. The highest BCUT2D eigenvalue weighted by Gasteiger charge is 2.45. The Kier molecular flexibility index (Phi) is 5.64. The van der Waals surface area contributed by atoms with Crippen molar-refractivity contribution < 1.29 is 4.39 Å². The summed E-state index contributed by atoms with van der Waals surface area (Å²) >= 11 is 0. The average Bonchev–Trinajstić information content (AvgIpc) is 2.58. The van der Waals surface area contributed by atoms with Crippen LogP contribution >= 0.6 is 0 Å². The van der Waals surface area contributed by atoms with E-state index in [-0.39, 0.29) is 5.92 Å². The number of nitrogens with two attached hydrogens (primary N) is 1. The van der Waals surface area contributed by atoms with Gasteiger partial charge in [-0.05, 0) is 74.7 Å². The zero-order chi connectivity index (χ0) is 16.4. The van der Waals surface area contributed by atoms with Gasteiger partial charge < -0.3 is 16.4 Å². The van der Waals surface area contributed by atoms with Crippen LogP contribution in [0.1, 0.15) is 58.8 Å². The van der Waals surface area contributed by atoms with Crippen molar-refractivity contribution in [3.05, 3.63) is 0 Å². The quantitative estimate of drug-likeness (QED) is 0.748. The van der Waals surface area contributed by atoms with Gasteiger partial charge in [-0.2, -0.15) is 0 Å². The fourth-order valence-corrected chi connectivity index (χ4v) is 5.51. The lowest BCUT2D eigenvalue weighted by Gasteiger charge is -2.51. The molecule has 1 saturated carbocycles. The molecule has 6 unspecified atom stereocenters. The second-order valence-corrected chi connectivity index (χ2v) is 8.80. The lowest BCUT2D eigenvalue weighted by molar-refractivity contribution is 0.0196. The molecule has 2 heterocycles. The Morgan fingerprint density at radius 1 is 1.17 bits per heavy atom. The monoisotopic (exact) mass is 325 g/mol. The Bertz CT molecular complexity index is 381. The minimum Gasteiger partial charge on any atom is -0.329 e. The molecule has 3 aliphatic rings. The molecular formula is C19H36FN3. The molecule has 0 radical (unpaired) electrons. The zero-order valence-corrected chi connectivity index (χ0v) is 15.0. The molecule has 0 aromatic heterocycles. The summed E-state index contributed by atoms with van der Waals surface area (Å²) in [4.78, 5) is 0. The Balaban J connectivity index is 1.69. The topological polar surface area (TPSA) is 50.1 Å². The molecule has 1 aliphatic carbocycles. The van der Waals surface area contributed by atoms with E-state index >= 15 is 0 Å². The predicted molar refractivity (Wildman–Crippen MR) is 94.1 cm³/mol. The van der Waals surface area contributed by atoms with E-state index in [0.29, 0.717) is 23.4 Å². The summed E-state index contributed by atoms with van der Waals surface area (Å²) in [6.45, 7) is 7.55. The fraction of sp³-hybridized carbons (Fsp3) is 1.00. The van der Waals surface area contributed by atoms with E-state index in [1.54, 1.807) is 0 Å². The van der Waals surface area contributed by atoms with Crippen LogP contribution in [0.25, 0.3) is 0 Å². The number of piperidine rings is 2. The number of hydrogen-bond donors (Lipinski definition) is 3. The van der Waals surface area contributed by atoms with Gasteiger partial charge in [0.15, 0.2) is 0 Å². The van der Waals surface area contributed by atoms with Crippen molar-refractivity contribution in [2.75, 3.05) is 19.6 Å². The first-order valence-electron chi connectivity index (χ1n) is 9.84. The van der Waals surface area contributed by atoms with E-state index in [4.69, 9.17) is 5.73 Å². The van der Waals surface area contributed by atoms with Gasteiger partial charge in [-0.25, -0.2) is 4.39 Å². The summed E-state index contributed by atoms with van der Waals surface area (Å²) in [5.41, 5.74) is 6.19. The molecule has 23 heavy (non-hydrogen) atoms. The lowest BCUT2D eigenvalue weighted by atomic mass is 9.61. The van der Waals surface area contributed by atoms with E-state index < -0.39 is 6.17 Å². The van der Waals surface area contributed by atoms with E-state index in [2.05, 4.69) is 24.5 Å². The first-order chi connectivity index (χ1) is 11.0. The van der Waals surface area contributed by atoms with E-state index in [1.807, 2.05) is 0 Å². The molecule has 2 saturated heterocycles. The molecule has 0 amide bonds. The maximum atomic E-state index is 13.9. The summed E-state index contributed by atoms with van der Waals surface area (Å²) in [5.74, 6) is 1.61. The highest BCUT2D eigenvalue weighted by atomic mass is 19.1. The summed E-state index contributed by atoms with van der Waals surface area (Å²) < 4.78 is 13.9. The number of alkyl halides is 1. The van der Waals surface area contributed by atoms with Crippen molar-refractivity contribution >= 4 is 0 Å². The van der Waals surface area contributed by atoms with E-state index in [0.717, 1.165) is 44.8 Å². The van der Waals surface area contributed by atoms with Crippen LogP contribution in [0, 0.1) is 23.2 Å². The lowest BCUT2D eigenvalue weighted by Crippen LogP contribution is -2.58. The molecule has 0 aromatic rings. The maximum Gasteiger partial charge on any atom is 0.103 e. The summed E-state index contributed by atoms with van der Waals surface area (Å²) in [5, 5.41) is 7.53. The third kappa shape index (κ3) is 3.74. The summed E-state index contributed by atoms with van der Waals surface area (Å²) in [6, 6.07) is 1.08. The molecule has 3 fully saturated rings. The van der Waals surface area contributed by atoms with Crippen LogP contribution in [0.2, 0.25) is 0 Å². The van der Waals surface area contributed by atoms with Crippen LogP contribution < -0.4 is 16.4 Å². The van der Waals surface area contributed by atoms with E-state index in [9.17, 15) is 4.39 Å². The molecule has 3 rings (SSSR count). The SMILES string of the molecule is CC1CC(C2NCCCC2[C@]2(C)CCC(CN)NC2)CCC1F. The predicted octanol–water partition coefficient (Wildman–Crippen LogP) is 2.85. The smallest absolute Gasteiger partial charge is 0.103 e. The molecule has 4 N–H and O–H groups in total. The number of halogens is 1. The Hall–Kier alpha value is -0.190. The number of nitrogens with one attached hydrogen (secondary N) is 2. The van der Waals surface area contributed by atoms with Crippen LogP contribution in [0.5, 0.6) is 0 Å². The molecule has 0 bridgehead atoms. The Labute approximate surface area is 141 Å². The molecule has 2 aliphatic heterocycles. The van der Waals surface area contributed by atoms with Crippen LogP contribution in [0.4, 0.5) is 4.39 Å². The second kappa shape index (κ2) is 7.37. The van der Waals surface area contributed by atoms with Gasteiger partial charge in [-0.15, -0.1) is 0 Å². The number of rotatable bonds is 3. The summed E-state index contributed by atoms with van der Waals surface area (Å²) in [6.07, 6.45) is 7.39. The molecule has 0 spiro atoms. The molecule has 4 heteroatoms. The average molecular weight is 326 g/mol. The van der Waals surface area contributed by atoms with E-state index in [1.165, 1.54) is 25.7 Å². The molecule has 0 aromatic carbocycles. The molecule has 134 valence electrons. The van der Waals surface area contributed by atoms with Gasteiger partial charge in [0.05, 0.1) is 0 Å². The van der Waals surface area contributed by atoms with Crippen molar-refractivity contribution in [2.45, 2.75) is 77.0 Å². The van der Waals surface area contributed by atoms with Gasteiger partial charge in [0.1, 0.15) is 6.17 Å². The zero-order valence-electron chi connectivity index (χ0n) is 15.0. The van der Waals surface area contributed by atoms with Crippen molar-refractivity contribution in [2.24, 2.45) is 28.9 Å². The summed E-state index contributed by atoms with van der Waals surface area (Å²) in [7, 11) is 0.